The first kappa shape index (κ1) is 11.1. The van der Waals surface area contributed by atoms with Crippen LogP contribution in [-0.2, 0) is 6.42 Å². The van der Waals surface area contributed by atoms with Crippen molar-refractivity contribution in [3.63, 3.8) is 0 Å². The van der Waals surface area contributed by atoms with Crippen molar-refractivity contribution >= 4 is 17.4 Å². The zero-order chi connectivity index (χ0) is 11.7. The summed E-state index contributed by atoms with van der Waals surface area (Å²) in [6.45, 7) is 2.12. The quantitative estimate of drug-likeness (QED) is 0.807. The van der Waals surface area contributed by atoms with Crippen molar-refractivity contribution in [1.29, 1.82) is 0 Å². The maximum absolute atomic E-state index is 4.70. The maximum atomic E-state index is 4.70. The van der Waals surface area contributed by atoms with Crippen LogP contribution >= 0.6 is 11.8 Å². The summed E-state index contributed by atoms with van der Waals surface area (Å²) in [5.41, 5.74) is 3.61. The summed E-state index contributed by atoms with van der Waals surface area (Å²) in [5, 5.41) is 0.787. The number of aryl methyl sites for hydroxylation is 1. The smallest absolute Gasteiger partial charge is 0.136 e. The summed E-state index contributed by atoms with van der Waals surface area (Å²) >= 11 is 2.12. The van der Waals surface area contributed by atoms with Crippen LogP contribution in [0.4, 0.5) is 0 Å². The number of fused-ring (bicyclic) bond motifs is 1. The Balaban J connectivity index is 1.80. The fourth-order valence-electron chi connectivity index (χ4n) is 2.46. The molecule has 17 heavy (non-hydrogen) atoms. The van der Waals surface area contributed by atoms with Gasteiger partial charge in [-0.15, -0.1) is 0 Å². The molecule has 2 nitrogen and oxygen atoms in total. The maximum Gasteiger partial charge on any atom is 0.136 e. The zero-order valence-corrected chi connectivity index (χ0v) is 11.0. The highest BCUT2D eigenvalue weighted by Crippen LogP contribution is 2.27. The third kappa shape index (κ3) is 2.49. The van der Waals surface area contributed by atoms with E-state index in [2.05, 4.69) is 47.6 Å². The van der Waals surface area contributed by atoms with Gasteiger partial charge in [0.15, 0.2) is 0 Å². The molecule has 0 amide bonds. The van der Waals surface area contributed by atoms with Crippen LogP contribution in [0.2, 0.25) is 0 Å². The zero-order valence-electron chi connectivity index (χ0n) is 10.2. The highest BCUT2D eigenvalue weighted by atomic mass is 32.2. The van der Waals surface area contributed by atoms with Gasteiger partial charge in [-0.05, 0) is 37.1 Å². The van der Waals surface area contributed by atoms with E-state index < -0.39 is 0 Å². The number of hydrogen-bond acceptors (Lipinski definition) is 2. The van der Waals surface area contributed by atoms with Crippen LogP contribution in [0.15, 0.2) is 24.5 Å². The molecule has 3 rings (SSSR count). The van der Waals surface area contributed by atoms with E-state index in [1.165, 1.54) is 36.3 Å². The molecule has 1 atom stereocenters. The van der Waals surface area contributed by atoms with Crippen LogP contribution in [0, 0.1) is 6.92 Å². The third-order valence-corrected chi connectivity index (χ3v) is 4.76. The SMILES string of the molecule is Cc1ccc2nc(CC3CCCCS3)cn2c1. The molecule has 3 heteroatoms. The van der Waals surface area contributed by atoms with Crippen LogP contribution in [-0.4, -0.2) is 20.4 Å². The molecular weight excluding hydrogens is 228 g/mol. The molecule has 90 valence electrons. The number of nitrogens with zero attached hydrogens (tertiary/aromatic N) is 2. The van der Waals surface area contributed by atoms with Gasteiger partial charge in [-0.1, -0.05) is 12.5 Å². The van der Waals surface area contributed by atoms with E-state index in [1.807, 2.05) is 0 Å². The molecule has 0 bridgehead atoms. The van der Waals surface area contributed by atoms with E-state index in [9.17, 15) is 0 Å². The lowest BCUT2D eigenvalue weighted by atomic mass is 10.1. The Bertz CT molecular complexity index is 512. The molecule has 3 heterocycles. The third-order valence-electron chi connectivity index (χ3n) is 3.36. The lowest BCUT2D eigenvalue weighted by Crippen LogP contribution is -2.12. The summed E-state index contributed by atoms with van der Waals surface area (Å²) in [4.78, 5) is 4.70. The number of imidazole rings is 1. The molecule has 1 saturated heterocycles. The Morgan fingerprint density at radius 1 is 1.35 bits per heavy atom. The first-order chi connectivity index (χ1) is 8.31. The molecule has 2 aromatic rings. The van der Waals surface area contributed by atoms with Gasteiger partial charge in [0.1, 0.15) is 5.65 Å². The monoisotopic (exact) mass is 246 g/mol. The van der Waals surface area contributed by atoms with Crippen LogP contribution in [0.25, 0.3) is 5.65 Å². The minimum absolute atomic E-state index is 0.787. The summed E-state index contributed by atoms with van der Waals surface area (Å²) < 4.78 is 2.15. The van der Waals surface area contributed by atoms with E-state index in [0.29, 0.717) is 0 Å². The van der Waals surface area contributed by atoms with Crippen molar-refractivity contribution in [3.8, 4) is 0 Å². The van der Waals surface area contributed by atoms with Gasteiger partial charge in [0.05, 0.1) is 5.69 Å². The fourth-order valence-corrected chi connectivity index (χ4v) is 3.78. The van der Waals surface area contributed by atoms with Crippen molar-refractivity contribution in [2.45, 2.75) is 37.9 Å². The standard InChI is InChI=1S/C14H18N2S/c1-11-5-6-14-15-12(10-16(14)9-11)8-13-4-2-3-7-17-13/h5-6,9-10,13H,2-4,7-8H2,1H3. The molecule has 1 fully saturated rings. The molecule has 1 aliphatic heterocycles. The van der Waals surface area contributed by atoms with E-state index >= 15 is 0 Å². The molecule has 0 aliphatic carbocycles. The number of thioether (sulfide) groups is 1. The topological polar surface area (TPSA) is 17.3 Å². The molecule has 1 aliphatic rings. The summed E-state index contributed by atoms with van der Waals surface area (Å²) in [5.74, 6) is 1.33. The minimum Gasteiger partial charge on any atom is -0.307 e. The molecule has 2 aromatic heterocycles. The average molecular weight is 246 g/mol. The van der Waals surface area contributed by atoms with Crippen molar-refractivity contribution in [2.24, 2.45) is 0 Å². The molecule has 0 saturated carbocycles. The first-order valence-electron chi connectivity index (χ1n) is 6.37. The van der Waals surface area contributed by atoms with E-state index in [0.717, 1.165) is 17.3 Å². The van der Waals surface area contributed by atoms with Crippen LogP contribution in [0.5, 0.6) is 0 Å². The summed E-state index contributed by atoms with van der Waals surface area (Å²) in [6.07, 6.45) is 9.62. The Labute approximate surface area is 106 Å². The molecule has 0 N–H and O–H groups in total. The highest BCUT2D eigenvalue weighted by molar-refractivity contribution is 7.99. The lowest BCUT2D eigenvalue weighted by Gasteiger charge is -2.19. The summed E-state index contributed by atoms with van der Waals surface area (Å²) in [6, 6.07) is 4.23. The fraction of sp³-hybridized carbons (Fsp3) is 0.500. The number of aromatic nitrogens is 2. The van der Waals surface area contributed by atoms with Gasteiger partial charge in [0.25, 0.3) is 0 Å². The van der Waals surface area contributed by atoms with Crippen molar-refractivity contribution in [2.75, 3.05) is 5.75 Å². The average Bonchev–Trinajstić information content (AvgIpc) is 2.71. The van der Waals surface area contributed by atoms with Gasteiger partial charge < -0.3 is 4.40 Å². The van der Waals surface area contributed by atoms with Crippen molar-refractivity contribution in [3.05, 3.63) is 35.8 Å². The lowest BCUT2D eigenvalue weighted by molar-refractivity contribution is 0.656. The van der Waals surface area contributed by atoms with E-state index in [1.54, 1.807) is 0 Å². The number of rotatable bonds is 2. The van der Waals surface area contributed by atoms with Crippen LogP contribution < -0.4 is 0 Å². The van der Waals surface area contributed by atoms with Gasteiger partial charge >= 0.3 is 0 Å². The second-order valence-electron chi connectivity index (χ2n) is 4.90. The van der Waals surface area contributed by atoms with Gasteiger partial charge in [-0.2, -0.15) is 11.8 Å². The minimum atomic E-state index is 0.787. The first-order valence-corrected chi connectivity index (χ1v) is 7.42. The van der Waals surface area contributed by atoms with Gasteiger partial charge in [-0.3, -0.25) is 0 Å². The largest absolute Gasteiger partial charge is 0.307 e. The van der Waals surface area contributed by atoms with Crippen molar-refractivity contribution in [1.82, 2.24) is 9.38 Å². The normalized spacial score (nSPS) is 20.9. The van der Waals surface area contributed by atoms with E-state index in [4.69, 9.17) is 4.98 Å². The highest BCUT2D eigenvalue weighted by Gasteiger charge is 2.15. The number of hydrogen-bond donors (Lipinski definition) is 0. The van der Waals surface area contributed by atoms with Crippen LogP contribution in [0.1, 0.15) is 30.5 Å². The predicted molar refractivity (Wildman–Crippen MR) is 73.7 cm³/mol. The van der Waals surface area contributed by atoms with E-state index in [-0.39, 0.29) is 0 Å². The van der Waals surface area contributed by atoms with Gasteiger partial charge in [0, 0.05) is 24.1 Å². The Morgan fingerprint density at radius 3 is 3.12 bits per heavy atom. The van der Waals surface area contributed by atoms with Crippen molar-refractivity contribution < 1.29 is 0 Å². The Morgan fingerprint density at radius 2 is 2.29 bits per heavy atom. The number of pyridine rings is 1. The van der Waals surface area contributed by atoms with Crippen LogP contribution in [0.3, 0.4) is 0 Å². The summed E-state index contributed by atoms with van der Waals surface area (Å²) in [7, 11) is 0. The molecule has 0 radical (unpaired) electrons. The second kappa shape index (κ2) is 4.73. The second-order valence-corrected chi connectivity index (χ2v) is 6.31. The Hall–Kier alpha value is -0.960. The molecule has 1 unspecified atom stereocenters. The predicted octanol–water partition coefficient (Wildman–Crippen LogP) is 3.47. The molecule has 0 aromatic carbocycles. The van der Waals surface area contributed by atoms with Gasteiger partial charge in [-0.25, -0.2) is 4.98 Å². The Kier molecular flexibility index (Phi) is 3.10. The molecular formula is C14H18N2S. The van der Waals surface area contributed by atoms with Gasteiger partial charge in [0.2, 0.25) is 0 Å². The molecule has 0 spiro atoms.